The summed E-state index contributed by atoms with van der Waals surface area (Å²) in [5.74, 6) is 1.73. The molecule has 2 saturated carbocycles. The maximum atomic E-state index is 11.3. The van der Waals surface area contributed by atoms with Crippen molar-refractivity contribution in [3.63, 3.8) is 0 Å². The molecule has 2 heterocycles. The molecule has 6 nitrogen and oxygen atoms in total. The molecule has 0 atom stereocenters. The van der Waals surface area contributed by atoms with Gasteiger partial charge in [-0.3, -0.25) is 9.13 Å². The summed E-state index contributed by atoms with van der Waals surface area (Å²) in [6.07, 6.45) is 18.7. The Kier molecular flexibility index (Phi) is 9.25. The van der Waals surface area contributed by atoms with Crippen molar-refractivity contribution < 1.29 is 10.2 Å². The van der Waals surface area contributed by atoms with Crippen LogP contribution in [0.4, 0.5) is 0 Å². The Labute approximate surface area is 307 Å². The fourth-order valence-electron chi connectivity index (χ4n) is 8.85. The Hall–Kier alpha value is -5.10. The van der Waals surface area contributed by atoms with Crippen molar-refractivity contribution in [1.29, 1.82) is 0 Å². The standard InChI is InChI=1S/C46H50N4O2/c1-45(23-11-5-12-24-45)29-33-19-21-41(51)37(27-33)43-47-39(31-49(43)35-15-7-3-8-16-35)40-32-50(36-17-9-4-10-18-36)44(48-40)38-28-34(20-22-42(38)52)30-46(2)25-13-6-14-26-46/h3-4,7-10,15-22,27-28,31-32,51-52H,5-6,11-14,23-26,29-30H2,1-2H3. The van der Waals surface area contributed by atoms with E-state index in [0.717, 1.165) is 24.2 Å². The summed E-state index contributed by atoms with van der Waals surface area (Å²) in [5.41, 5.74) is 7.65. The number of aromatic hydroxyl groups is 2. The van der Waals surface area contributed by atoms with Crippen LogP contribution in [-0.4, -0.2) is 29.3 Å². The first-order valence-electron chi connectivity index (χ1n) is 19.2. The molecule has 2 aliphatic rings. The number of rotatable bonds is 9. The predicted molar refractivity (Wildman–Crippen MR) is 210 cm³/mol. The zero-order chi connectivity index (χ0) is 35.7. The third kappa shape index (κ3) is 7.04. The normalized spacial score (nSPS) is 16.9. The van der Waals surface area contributed by atoms with E-state index in [-0.39, 0.29) is 22.3 Å². The third-order valence-corrected chi connectivity index (χ3v) is 11.7. The topological polar surface area (TPSA) is 76.1 Å². The average Bonchev–Trinajstić information content (AvgIpc) is 3.80. The minimum Gasteiger partial charge on any atom is -0.507 e. The Morgan fingerprint density at radius 1 is 0.519 bits per heavy atom. The van der Waals surface area contributed by atoms with E-state index < -0.39 is 0 Å². The maximum Gasteiger partial charge on any atom is 0.149 e. The fourth-order valence-corrected chi connectivity index (χ4v) is 8.85. The first kappa shape index (κ1) is 34.0. The van der Waals surface area contributed by atoms with E-state index in [9.17, 15) is 10.2 Å². The molecular formula is C46H50N4O2. The van der Waals surface area contributed by atoms with E-state index in [1.807, 2.05) is 60.9 Å². The number of para-hydroxylation sites is 2. The van der Waals surface area contributed by atoms with Crippen molar-refractivity contribution in [3.8, 4) is 57.0 Å². The van der Waals surface area contributed by atoms with Gasteiger partial charge in [-0.1, -0.05) is 101 Å². The molecule has 2 aromatic heterocycles. The average molecular weight is 691 g/mol. The fraction of sp³-hybridized carbons (Fsp3) is 0.348. The first-order chi connectivity index (χ1) is 25.3. The highest BCUT2D eigenvalue weighted by molar-refractivity contribution is 5.74. The number of nitrogens with zero attached hydrogens (tertiary/aromatic N) is 4. The van der Waals surface area contributed by atoms with Gasteiger partial charge < -0.3 is 10.2 Å². The molecule has 0 radical (unpaired) electrons. The second-order valence-corrected chi connectivity index (χ2v) is 16.1. The summed E-state index contributed by atoms with van der Waals surface area (Å²) in [4.78, 5) is 10.5. The van der Waals surface area contributed by atoms with E-state index in [1.54, 1.807) is 0 Å². The van der Waals surface area contributed by atoms with Crippen molar-refractivity contribution in [2.24, 2.45) is 10.8 Å². The van der Waals surface area contributed by atoms with Gasteiger partial charge in [-0.25, -0.2) is 9.97 Å². The molecular weight excluding hydrogens is 641 g/mol. The molecule has 0 bridgehead atoms. The van der Waals surface area contributed by atoms with Gasteiger partial charge in [0.1, 0.15) is 34.5 Å². The summed E-state index contributed by atoms with van der Waals surface area (Å²) >= 11 is 0. The van der Waals surface area contributed by atoms with Crippen molar-refractivity contribution in [1.82, 2.24) is 19.1 Å². The van der Waals surface area contributed by atoms with E-state index in [2.05, 4.69) is 71.5 Å². The van der Waals surface area contributed by atoms with E-state index >= 15 is 0 Å². The van der Waals surface area contributed by atoms with Crippen LogP contribution in [0.5, 0.6) is 11.5 Å². The van der Waals surface area contributed by atoms with Gasteiger partial charge in [0.25, 0.3) is 0 Å². The van der Waals surface area contributed by atoms with Crippen molar-refractivity contribution in [2.45, 2.75) is 90.9 Å². The van der Waals surface area contributed by atoms with Crippen LogP contribution in [0.25, 0.3) is 45.5 Å². The number of hydrogen-bond donors (Lipinski definition) is 2. The first-order valence-corrected chi connectivity index (χ1v) is 19.2. The molecule has 8 rings (SSSR count). The van der Waals surface area contributed by atoms with Crippen LogP contribution in [-0.2, 0) is 12.8 Å². The molecule has 0 spiro atoms. The van der Waals surface area contributed by atoms with Crippen LogP contribution < -0.4 is 0 Å². The van der Waals surface area contributed by atoms with Gasteiger partial charge in [-0.15, -0.1) is 0 Å². The molecule has 6 aromatic rings. The Morgan fingerprint density at radius 2 is 0.904 bits per heavy atom. The zero-order valence-electron chi connectivity index (χ0n) is 30.6. The lowest BCUT2D eigenvalue weighted by Gasteiger charge is -2.33. The highest BCUT2D eigenvalue weighted by Gasteiger charge is 2.29. The Bertz CT molecular complexity index is 2000. The largest absolute Gasteiger partial charge is 0.507 e. The molecule has 6 heteroatoms. The van der Waals surface area contributed by atoms with Gasteiger partial charge in [0.05, 0.1) is 11.1 Å². The summed E-state index contributed by atoms with van der Waals surface area (Å²) in [7, 11) is 0. The van der Waals surface area contributed by atoms with Gasteiger partial charge in [0, 0.05) is 23.8 Å². The zero-order valence-corrected chi connectivity index (χ0v) is 30.6. The third-order valence-electron chi connectivity index (χ3n) is 11.7. The second-order valence-electron chi connectivity index (χ2n) is 16.1. The number of aromatic nitrogens is 4. The summed E-state index contributed by atoms with van der Waals surface area (Å²) in [5, 5.41) is 22.7. The minimum atomic E-state index is 0.204. The second kappa shape index (κ2) is 14.1. The Balaban J connectivity index is 1.23. The van der Waals surface area contributed by atoms with Crippen molar-refractivity contribution in [2.75, 3.05) is 0 Å². The summed E-state index contributed by atoms with van der Waals surface area (Å²) in [6, 6.07) is 32.4. The lowest BCUT2D eigenvalue weighted by Crippen LogP contribution is -2.22. The molecule has 2 fully saturated rings. The van der Waals surface area contributed by atoms with Gasteiger partial charge >= 0.3 is 0 Å². The van der Waals surface area contributed by atoms with Crippen LogP contribution >= 0.6 is 0 Å². The minimum absolute atomic E-state index is 0.204. The number of hydrogen-bond acceptors (Lipinski definition) is 4. The molecule has 2 N–H and O–H groups in total. The van der Waals surface area contributed by atoms with Gasteiger partial charge in [0.15, 0.2) is 0 Å². The molecule has 4 aromatic carbocycles. The maximum absolute atomic E-state index is 11.3. The van der Waals surface area contributed by atoms with Gasteiger partial charge in [0.2, 0.25) is 0 Å². The van der Waals surface area contributed by atoms with Crippen molar-refractivity contribution in [3.05, 3.63) is 121 Å². The summed E-state index contributed by atoms with van der Waals surface area (Å²) in [6.45, 7) is 4.82. The highest BCUT2D eigenvalue weighted by atomic mass is 16.3. The molecule has 0 saturated heterocycles. The lowest BCUT2D eigenvalue weighted by atomic mass is 9.72. The molecule has 0 amide bonds. The molecule has 52 heavy (non-hydrogen) atoms. The van der Waals surface area contributed by atoms with Crippen LogP contribution in [0.1, 0.15) is 89.2 Å². The molecule has 2 aliphatic carbocycles. The van der Waals surface area contributed by atoms with Gasteiger partial charge in [-0.2, -0.15) is 0 Å². The SMILES string of the molecule is CC1(Cc2ccc(O)c(-c3nc(-c4cn(-c5ccccc5)c(-c5cc(CC6(C)CCCCC6)ccc5O)n4)cn3-c3ccccc3)c2)CCCCC1. The number of benzene rings is 4. The van der Waals surface area contributed by atoms with Crippen LogP contribution in [0.3, 0.4) is 0 Å². The van der Waals surface area contributed by atoms with E-state index in [4.69, 9.17) is 9.97 Å². The number of phenolic OH excluding ortho intramolecular Hbond substituents is 2. The van der Waals surface area contributed by atoms with Crippen molar-refractivity contribution >= 4 is 0 Å². The van der Waals surface area contributed by atoms with Crippen LogP contribution in [0.2, 0.25) is 0 Å². The molecule has 0 unspecified atom stereocenters. The number of phenols is 2. The Morgan fingerprint density at radius 3 is 1.29 bits per heavy atom. The van der Waals surface area contributed by atoms with Gasteiger partial charge in [-0.05, 0) is 109 Å². The molecule has 266 valence electrons. The van der Waals surface area contributed by atoms with E-state index in [1.165, 1.54) is 75.3 Å². The highest BCUT2D eigenvalue weighted by Crippen LogP contribution is 2.43. The molecule has 0 aliphatic heterocycles. The predicted octanol–water partition coefficient (Wildman–Crippen LogP) is 11.5. The monoisotopic (exact) mass is 690 g/mol. The van der Waals surface area contributed by atoms with E-state index in [0.29, 0.717) is 34.2 Å². The smallest absolute Gasteiger partial charge is 0.149 e. The quantitative estimate of drug-likeness (QED) is 0.158. The van der Waals surface area contributed by atoms with Crippen LogP contribution in [0, 0.1) is 10.8 Å². The summed E-state index contributed by atoms with van der Waals surface area (Å²) < 4.78 is 4.11. The number of imidazole rings is 2. The lowest BCUT2D eigenvalue weighted by molar-refractivity contribution is 0.214. The van der Waals surface area contributed by atoms with Crippen LogP contribution in [0.15, 0.2) is 109 Å².